The van der Waals surface area contributed by atoms with Gasteiger partial charge < -0.3 is 5.32 Å². The molecule has 5 nitrogen and oxygen atoms in total. The maximum atomic E-state index is 13.1. The molecule has 0 aliphatic heterocycles. The number of thioether (sulfide) groups is 1. The van der Waals surface area contributed by atoms with E-state index in [0.717, 1.165) is 33.8 Å². The van der Waals surface area contributed by atoms with Gasteiger partial charge in [-0.1, -0.05) is 90.1 Å². The highest BCUT2D eigenvalue weighted by Gasteiger charge is 2.21. The molecule has 6 heteroatoms. The molecule has 4 rings (SSSR count). The van der Waals surface area contributed by atoms with Crippen LogP contribution in [0, 0.1) is 6.92 Å². The molecule has 4 aromatic rings. The number of allylic oxidation sites excluding steroid dienone is 1. The van der Waals surface area contributed by atoms with Gasteiger partial charge in [0.15, 0.2) is 11.0 Å². The Morgan fingerprint density at radius 2 is 1.76 bits per heavy atom. The van der Waals surface area contributed by atoms with Crippen molar-refractivity contribution in [2.45, 2.75) is 30.8 Å². The Morgan fingerprint density at radius 3 is 2.52 bits per heavy atom. The second-order valence-electron chi connectivity index (χ2n) is 7.74. The number of hydrogen-bond donors (Lipinski definition) is 1. The maximum Gasteiger partial charge on any atom is 0.237 e. The molecule has 0 bridgehead atoms. The van der Waals surface area contributed by atoms with Gasteiger partial charge in [0.1, 0.15) is 0 Å². The fourth-order valence-corrected chi connectivity index (χ4v) is 4.43. The first-order valence-corrected chi connectivity index (χ1v) is 11.7. The number of nitrogens with one attached hydrogen (secondary N) is 1. The quantitative estimate of drug-likeness (QED) is 0.253. The minimum Gasteiger partial charge on any atom is -0.325 e. The van der Waals surface area contributed by atoms with Gasteiger partial charge in [0.05, 0.1) is 5.25 Å². The Morgan fingerprint density at radius 1 is 1.03 bits per heavy atom. The number of hydrogen-bond acceptors (Lipinski definition) is 4. The first kappa shape index (κ1) is 22.6. The Kier molecular flexibility index (Phi) is 7.05. The van der Waals surface area contributed by atoms with E-state index in [2.05, 4.69) is 28.2 Å². The molecule has 1 atom stereocenters. The predicted octanol–water partition coefficient (Wildman–Crippen LogP) is 6.23. The summed E-state index contributed by atoms with van der Waals surface area (Å²) in [6.45, 7) is 8.36. The van der Waals surface area contributed by atoms with Crippen LogP contribution in [0.2, 0.25) is 0 Å². The molecular weight excluding hydrogens is 428 g/mol. The molecule has 1 aromatic heterocycles. The summed E-state index contributed by atoms with van der Waals surface area (Å²) in [5, 5.41) is 12.2. The smallest absolute Gasteiger partial charge is 0.237 e. The average Bonchev–Trinajstić information content (AvgIpc) is 3.22. The molecule has 33 heavy (non-hydrogen) atoms. The van der Waals surface area contributed by atoms with E-state index >= 15 is 0 Å². The lowest BCUT2D eigenvalue weighted by Gasteiger charge is -2.15. The van der Waals surface area contributed by atoms with Gasteiger partial charge in [-0.2, -0.15) is 0 Å². The zero-order chi connectivity index (χ0) is 23.2. The number of aryl methyl sites for hydroxylation is 1. The predicted molar refractivity (Wildman–Crippen MR) is 136 cm³/mol. The van der Waals surface area contributed by atoms with E-state index in [1.54, 1.807) is 0 Å². The Hall–Kier alpha value is -3.64. The monoisotopic (exact) mass is 454 g/mol. The fourth-order valence-electron chi connectivity index (χ4n) is 3.57. The molecule has 0 aliphatic carbocycles. The number of nitrogens with zero attached hydrogens (tertiary/aromatic N) is 3. The van der Waals surface area contributed by atoms with E-state index in [4.69, 9.17) is 0 Å². The Balaban J connectivity index is 1.54. The number of para-hydroxylation sites is 1. The Labute approximate surface area is 198 Å². The molecule has 1 N–H and O–H groups in total. The second-order valence-corrected chi connectivity index (χ2v) is 9.04. The van der Waals surface area contributed by atoms with Crippen LogP contribution < -0.4 is 5.32 Å². The first-order chi connectivity index (χ1) is 16.1. The summed E-state index contributed by atoms with van der Waals surface area (Å²) < 4.78 is 1.99. The minimum absolute atomic E-state index is 0.0892. The van der Waals surface area contributed by atoms with Gasteiger partial charge in [0, 0.05) is 23.4 Å². The average molecular weight is 455 g/mol. The van der Waals surface area contributed by atoms with Crippen LogP contribution in [0.4, 0.5) is 5.69 Å². The summed E-state index contributed by atoms with van der Waals surface area (Å²) in [5.74, 6) is 0.678. The number of carbonyl (C=O) groups excluding carboxylic acids is 1. The van der Waals surface area contributed by atoms with Gasteiger partial charge in [0.2, 0.25) is 5.91 Å². The zero-order valence-corrected chi connectivity index (χ0v) is 19.5. The third-order valence-corrected chi connectivity index (χ3v) is 6.31. The zero-order valence-electron chi connectivity index (χ0n) is 18.7. The summed E-state index contributed by atoms with van der Waals surface area (Å²) in [5.41, 5.74) is 4.97. The highest BCUT2D eigenvalue weighted by atomic mass is 32.2. The molecule has 166 valence electrons. The third kappa shape index (κ3) is 5.23. The van der Waals surface area contributed by atoms with Crippen LogP contribution in [-0.4, -0.2) is 25.9 Å². The summed E-state index contributed by atoms with van der Waals surface area (Å²) >= 11 is 1.39. The molecule has 1 unspecified atom stereocenters. The van der Waals surface area contributed by atoms with Crippen LogP contribution in [0.1, 0.15) is 12.5 Å². The van der Waals surface area contributed by atoms with Crippen molar-refractivity contribution in [1.82, 2.24) is 14.8 Å². The number of amides is 1. The van der Waals surface area contributed by atoms with Gasteiger partial charge in [0.25, 0.3) is 0 Å². The van der Waals surface area contributed by atoms with Crippen molar-refractivity contribution in [3.8, 4) is 22.5 Å². The lowest BCUT2D eigenvalue weighted by Crippen LogP contribution is -2.23. The van der Waals surface area contributed by atoms with Gasteiger partial charge in [-0.3, -0.25) is 9.36 Å². The number of rotatable bonds is 8. The van der Waals surface area contributed by atoms with Gasteiger partial charge in [-0.25, -0.2) is 0 Å². The molecular formula is C27H26N4OS. The second kappa shape index (κ2) is 10.3. The SMILES string of the molecule is C=CCn1c(SC(C)C(=O)Nc2ccccc2-c2ccccc2)nnc1-c1cccc(C)c1. The van der Waals surface area contributed by atoms with E-state index in [1.807, 2.05) is 97.3 Å². The van der Waals surface area contributed by atoms with E-state index in [1.165, 1.54) is 11.8 Å². The van der Waals surface area contributed by atoms with E-state index < -0.39 is 0 Å². The summed E-state index contributed by atoms with van der Waals surface area (Å²) in [6.07, 6.45) is 1.81. The number of carbonyl (C=O) groups is 1. The van der Waals surface area contributed by atoms with E-state index in [-0.39, 0.29) is 11.2 Å². The van der Waals surface area contributed by atoms with Crippen molar-refractivity contribution in [1.29, 1.82) is 0 Å². The summed E-state index contributed by atoms with van der Waals surface area (Å²) in [4.78, 5) is 13.1. The molecule has 0 aliphatic rings. The molecule has 3 aromatic carbocycles. The van der Waals surface area contributed by atoms with Crippen LogP contribution in [0.5, 0.6) is 0 Å². The van der Waals surface area contributed by atoms with Crippen molar-refractivity contribution in [2.75, 3.05) is 5.32 Å². The number of aromatic nitrogens is 3. The van der Waals surface area contributed by atoms with Crippen LogP contribution in [0.3, 0.4) is 0 Å². The molecule has 0 saturated carbocycles. The number of benzene rings is 3. The lowest BCUT2D eigenvalue weighted by molar-refractivity contribution is -0.115. The lowest BCUT2D eigenvalue weighted by atomic mass is 10.0. The van der Waals surface area contributed by atoms with Crippen molar-refractivity contribution in [2.24, 2.45) is 0 Å². The van der Waals surface area contributed by atoms with E-state index in [9.17, 15) is 4.79 Å². The fraction of sp³-hybridized carbons (Fsp3) is 0.148. The van der Waals surface area contributed by atoms with Gasteiger partial charge >= 0.3 is 0 Å². The third-order valence-electron chi connectivity index (χ3n) is 5.23. The highest BCUT2D eigenvalue weighted by Crippen LogP contribution is 2.30. The largest absolute Gasteiger partial charge is 0.325 e. The topological polar surface area (TPSA) is 59.8 Å². The summed E-state index contributed by atoms with van der Waals surface area (Å²) in [6, 6.07) is 26.0. The molecule has 0 fully saturated rings. The Bertz CT molecular complexity index is 1270. The molecule has 0 spiro atoms. The first-order valence-electron chi connectivity index (χ1n) is 10.8. The van der Waals surface area contributed by atoms with Crippen molar-refractivity contribution in [3.05, 3.63) is 97.1 Å². The van der Waals surface area contributed by atoms with Crippen LogP contribution >= 0.6 is 11.8 Å². The minimum atomic E-state index is -0.369. The molecule has 0 saturated heterocycles. The number of anilines is 1. The van der Waals surface area contributed by atoms with Crippen LogP contribution in [0.15, 0.2) is 96.7 Å². The van der Waals surface area contributed by atoms with Crippen molar-refractivity contribution in [3.63, 3.8) is 0 Å². The van der Waals surface area contributed by atoms with Crippen molar-refractivity contribution < 1.29 is 4.79 Å². The highest BCUT2D eigenvalue weighted by molar-refractivity contribution is 8.00. The van der Waals surface area contributed by atoms with E-state index in [0.29, 0.717) is 11.7 Å². The maximum absolute atomic E-state index is 13.1. The van der Waals surface area contributed by atoms with Gasteiger partial charge in [-0.05, 0) is 31.5 Å². The molecule has 1 heterocycles. The van der Waals surface area contributed by atoms with Crippen LogP contribution in [0.25, 0.3) is 22.5 Å². The van der Waals surface area contributed by atoms with Gasteiger partial charge in [-0.15, -0.1) is 16.8 Å². The summed E-state index contributed by atoms with van der Waals surface area (Å²) in [7, 11) is 0. The molecule has 1 amide bonds. The van der Waals surface area contributed by atoms with Crippen molar-refractivity contribution >= 4 is 23.4 Å². The normalized spacial score (nSPS) is 11.7. The molecule has 0 radical (unpaired) electrons. The standard InChI is InChI=1S/C27H26N4OS/c1-4-17-31-25(22-14-10-11-19(2)18-22)29-30-27(31)33-20(3)26(32)28-24-16-9-8-15-23(24)21-12-6-5-7-13-21/h4-16,18,20H,1,17H2,2-3H3,(H,28,32). The van der Waals surface area contributed by atoms with Crippen LogP contribution in [-0.2, 0) is 11.3 Å².